The molecule has 1 amide bonds. The van der Waals surface area contributed by atoms with E-state index in [0.717, 1.165) is 12.5 Å². The molecule has 110 valence electrons. The molecule has 0 spiro atoms. The van der Waals surface area contributed by atoms with Gasteiger partial charge in [-0.1, -0.05) is 13.8 Å². The average molecular weight is 288 g/mol. The molecule has 0 aromatic heterocycles. The third-order valence-electron chi connectivity index (χ3n) is 3.32. The van der Waals surface area contributed by atoms with Crippen LogP contribution >= 0.6 is 0 Å². The molecule has 2 rings (SSSR count). The summed E-state index contributed by atoms with van der Waals surface area (Å²) in [6.45, 7) is 4.04. The summed E-state index contributed by atoms with van der Waals surface area (Å²) in [5, 5.41) is 2.80. The van der Waals surface area contributed by atoms with E-state index in [2.05, 4.69) is 10.1 Å². The maximum atomic E-state index is 12.1. The molecule has 1 aromatic rings. The van der Waals surface area contributed by atoms with Crippen LogP contribution < -0.4 is 15.8 Å². The van der Waals surface area contributed by atoms with E-state index < -0.39 is 12.1 Å². The number of hydrogen-bond donors (Lipinski definition) is 2. The summed E-state index contributed by atoms with van der Waals surface area (Å²) in [6.07, 6.45) is -3.93. The molecule has 20 heavy (non-hydrogen) atoms. The van der Waals surface area contributed by atoms with Gasteiger partial charge in [-0.3, -0.25) is 4.79 Å². The van der Waals surface area contributed by atoms with Gasteiger partial charge in [0.2, 0.25) is 0 Å². The lowest BCUT2D eigenvalue weighted by Crippen LogP contribution is -2.28. The number of benzene rings is 1. The highest BCUT2D eigenvalue weighted by Gasteiger charge is 2.46. The Balaban J connectivity index is 2.07. The van der Waals surface area contributed by atoms with Crippen molar-refractivity contribution in [1.82, 2.24) is 5.32 Å². The monoisotopic (exact) mass is 288 g/mol. The summed E-state index contributed by atoms with van der Waals surface area (Å²) < 4.78 is 40.0. The van der Waals surface area contributed by atoms with E-state index in [9.17, 15) is 18.0 Å². The topological polar surface area (TPSA) is 64.3 Å². The summed E-state index contributed by atoms with van der Waals surface area (Å²) in [6, 6.07) is 3.55. The minimum atomic E-state index is -4.81. The lowest BCUT2D eigenvalue weighted by molar-refractivity contribution is -0.274. The van der Waals surface area contributed by atoms with Crippen molar-refractivity contribution < 1.29 is 22.7 Å². The SMILES string of the molecule is CC1(C)CC1NC(=O)c1ccc(OC(F)(F)F)c(N)c1. The van der Waals surface area contributed by atoms with Crippen molar-refractivity contribution in [1.29, 1.82) is 0 Å². The fraction of sp³-hybridized carbons (Fsp3) is 0.462. The van der Waals surface area contributed by atoms with Gasteiger partial charge in [0.1, 0.15) is 0 Å². The fourth-order valence-electron chi connectivity index (χ4n) is 1.86. The molecule has 0 saturated heterocycles. The largest absolute Gasteiger partial charge is 0.573 e. The van der Waals surface area contributed by atoms with Gasteiger partial charge in [0.05, 0.1) is 5.69 Å². The lowest BCUT2D eigenvalue weighted by Gasteiger charge is -2.12. The highest BCUT2D eigenvalue weighted by atomic mass is 19.4. The fourth-order valence-corrected chi connectivity index (χ4v) is 1.86. The Morgan fingerprint density at radius 2 is 2.05 bits per heavy atom. The second-order valence-corrected chi connectivity index (χ2v) is 5.52. The van der Waals surface area contributed by atoms with Gasteiger partial charge in [0, 0.05) is 11.6 Å². The number of carbonyl (C=O) groups is 1. The van der Waals surface area contributed by atoms with Crippen LogP contribution in [0.4, 0.5) is 18.9 Å². The molecule has 0 aliphatic heterocycles. The van der Waals surface area contributed by atoms with Crippen molar-refractivity contribution in [2.45, 2.75) is 32.7 Å². The van der Waals surface area contributed by atoms with Crippen molar-refractivity contribution in [2.75, 3.05) is 5.73 Å². The first-order valence-electron chi connectivity index (χ1n) is 6.05. The van der Waals surface area contributed by atoms with Crippen LogP contribution in [-0.4, -0.2) is 18.3 Å². The van der Waals surface area contributed by atoms with Gasteiger partial charge in [-0.15, -0.1) is 13.2 Å². The second-order valence-electron chi connectivity index (χ2n) is 5.52. The van der Waals surface area contributed by atoms with Crippen LogP contribution in [0.15, 0.2) is 18.2 Å². The standard InChI is InChI=1S/C13H15F3N2O2/c1-12(2)6-10(12)18-11(19)7-3-4-9(8(17)5-7)20-13(14,15)16/h3-5,10H,6,17H2,1-2H3,(H,18,19). The van der Waals surface area contributed by atoms with E-state index >= 15 is 0 Å². The molecular weight excluding hydrogens is 273 g/mol. The predicted molar refractivity (Wildman–Crippen MR) is 67.2 cm³/mol. The van der Waals surface area contributed by atoms with Crippen molar-refractivity contribution in [3.63, 3.8) is 0 Å². The van der Waals surface area contributed by atoms with Crippen molar-refractivity contribution in [3.05, 3.63) is 23.8 Å². The quantitative estimate of drug-likeness (QED) is 0.840. The summed E-state index contributed by atoms with van der Waals surface area (Å²) in [5.41, 5.74) is 5.51. The Hall–Kier alpha value is -1.92. The summed E-state index contributed by atoms with van der Waals surface area (Å²) in [7, 11) is 0. The van der Waals surface area contributed by atoms with Gasteiger partial charge >= 0.3 is 6.36 Å². The molecule has 1 unspecified atom stereocenters. The molecule has 1 atom stereocenters. The molecule has 7 heteroatoms. The first-order chi connectivity index (χ1) is 9.08. The van der Waals surface area contributed by atoms with E-state index in [-0.39, 0.29) is 28.6 Å². The van der Waals surface area contributed by atoms with Gasteiger partial charge < -0.3 is 15.8 Å². The predicted octanol–water partition coefficient (Wildman–Crippen LogP) is 2.70. The highest BCUT2D eigenvalue weighted by molar-refractivity contribution is 5.95. The van der Waals surface area contributed by atoms with Crippen LogP contribution in [0.5, 0.6) is 5.75 Å². The molecule has 1 aromatic carbocycles. The van der Waals surface area contributed by atoms with Crippen molar-refractivity contribution in [3.8, 4) is 5.75 Å². The van der Waals surface area contributed by atoms with Crippen LogP contribution in [0.3, 0.4) is 0 Å². The maximum Gasteiger partial charge on any atom is 0.573 e. The number of anilines is 1. The summed E-state index contributed by atoms with van der Waals surface area (Å²) >= 11 is 0. The number of nitrogens with two attached hydrogens (primary N) is 1. The molecule has 0 radical (unpaired) electrons. The van der Waals surface area contributed by atoms with Crippen molar-refractivity contribution in [2.24, 2.45) is 5.41 Å². The van der Waals surface area contributed by atoms with Crippen LogP contribution in [-0.2, 0) is 0 Å². The van der Waals surface area contributed by atoms with Crippen LogP contribution in [0.1, 0.15) is 30.6 Å². The second kappa shape index (κ2) is 4.57. The van der Waals surface area contributed by atoms with Gasteiger partial charge in [0.15, 0.2) is 5.75 Å². The molecule has 1 saturated carbocycles. The van der Waals surface area contributed by atoms with Gasteiger partial charge in [0.25, 0.3) is 5.91 Å². The zero-order valence-corrected chi connectivity index (χ0v) is 11.0. The number of carbonyl (C=O) groups excluding carboxylic acids is 1. The summed E-state index contributed by atoms with van der Waals surface area (Å²) in [5.74, 6) is -0.869. The van der Waals surface area contributed by atoms with Gasteiger partial charge in [-0.2, -0.15) is 0 Å². The number of nitrogens with one attached hydrogen (secondary N) is 1. The van der Waals surface area contributed by atoms with E-state index in [1.54, 1.807) is 0 Å². The Morgan fingerprint density at radius 1 is 1.45 bits per heavy atom. The molecule has 0 bridgehead atoms. The van der Waals surface area contributed by atoms with Crippen LogP contribution in [0, 0.1) is 5.41 Å². The first kappa shape index (κ1) is 14.5. The molecule has 4 nitrogen and oxygen atoms in total. The number of amides is 1. The van der Waals surface area contributed by atoms with Crippen LogP contribution in [0.25, 0.3) is 0 Å². The minimum absolute atomic E-state index is 0.0700. The first-order valence-corrected chi connectivity index (χ1v) is 6.05. The van der Waals surface area contributed by atoms with E-state index in [0.29, 0.717) is 0 Å². The minimum Gasteiger partial charge on any atom is -0.404 e. The zero-order chi connectivity index (χ0) is 15.1. The maximum absolute atomic E-state index is 12.1. The zero-order valence-electron chi connectivity index (χ0n) is 11.0. The average Bonchev–Trinajstić information content (AvgIpc) is 2.87. The normalized spacial score (nSPS) is 20.4. The number of nitrogen functional groups attached to an aromatic ring is 1. The number of halogens is 3. The lowest BCUT2D eigenvalue weighted by atomic mass is 10.1. The molecule has 1 aliphatic carbocycles. The van der Waals surface area contributed by atoms with Crippen LogP contribution in [0.2, 0.25) is 0 Å². The van der Waals surface area contributed by atoms with Crippen molar-refractivity contribution >= 4 is 11.6 Å². The molecular formula is C13H15F3N2O2. The highest BCUT2D eigenvalue weighted by Crippen LogP contribution is 2.44. The third-order valence-corrected chi connectivity index (χ3v) is 3.32. The smallest absolute Gasteiger partial charge is 0.404 e. The molecule has 1 fully saturated rings. The van der Waals surface area contributed by atoms with E-state index in [1.807, 2.05) is 13.8 Å². The van der Waals surface area contributed by atoms with E-state index in [1.165, 1.54) is 12.1 Å². The molecule has 0 heterocycles. The molecule has 3 N–H and O–H groups in total. The Kier molecular flexibility index (Phi) is 3.31. The number of hydrogen-bond acceptors (Lipinski definition) is 3. The Labute approximate surface area is 114 Å². The Bertz CT molecular complexity index is 541. The Morgan fingerprint density at radius 3 is 2.50 bits per heavy atom. The third kappa shape index (κ3) is 3.34. The number of rotatable bonds is 3. The number of ether oxygens (including phenoxy) is 1. The summed E-state index contributed by atoms with van der Waals surface area (Å²) in [4.78, 5) is 11.9. The van der Waals surface area contributed by atoms with E-state index in [4.69, 9.17) is 5.73 Å². The number of alkyl halides is 3. The molecule has 1 aliphatic rings. The van der Waals surface area contributed by atoms with Gasteiger partial charge in [-0.05, 0) is 30.0 Å². The van der Waals surface area contributed by atoms with Gasteiger partial charge in [-0.25, -0.2) is 0 Å².